The highest BCUT2D eigenvalue weighted by Gasteiger charge is 2.34. The van der Waals surface area contributed by atoms with Crippen molar-refractivity contribution in [1.29, 1.82) is 0 Å². The van der Waals surface area contributed by atoms with E-state index >= 15 is 0 Å². The number of fused-ring (bicyclic) bond motifs is 1. The van der Waals surface area contributed by atoms with Crippen LogP contribution in [-0.4, -0.2) is 50.0 Å². The van der Waals surface area contributed by atoms with Crippen LogP contribution in [0.4, 0.5) is 9.18 Å². The van der Waals surface area contributed by atoms with E-state index in [4.69, 9.17) is 17.3 Å². The van der Waals surface area contributed by atoms with Gasteiger partial charge in [-0.1, -0.05) is 11.6 Å². The molecular weight excluding hydrogens is 367 g/mol. The van der Waals surface area contributed by atoms with E-state index in [-0.39, 0.29) is 42.4 Å². The summed E-state index contributed by atoms with van der Waals surface area (Å²) in [4.78, 5) is 24.6. The Morgan fingerprint density at radius 2 is 2.15 bits per heavy atom. The number of hydrogen-bond acceptors (Lipinski definition) is 4. The number of halogens is 2. The molecule has 1 aromatic carbocycles. The third-order valence-corrected chi connectivity index (χ3v) is 4.59. The smallest absolute Gasteiger partial charge is 0.407 e. The van der Waals surface area contributed by atoms with Crippen LogP contribution in [0.5, 0.6) is 0 Å². The summed E-state index contributed by atoms with van der Waals surface area (Å²) in [7, 11) is 0. The van der Waals surface area contributed by atoms with Crippen molar-refractivity contribution >= 4 is 23.6 Å². The largest absolute Gasteiger partial charge is 0.465 e. The van der Waals surface area contributed by atoms with Crippen LogP contribution in [0, 0.1) is 5.82 Å². The lowest BCUT2D eigenvalue weighted by Crippen LogP contribution is -2.41. The third kappa shape index (κ3) is 3.11. The Morgan fingerprint density at radius 3 is 2.73 bits per heavy atom. The number of hydrogen-bond donors (Lipinski definition) is 3. The first-order valence-electron chi connectivity index (χ1n) is 7.78. The molecule has 1 unspecified atom stereocenters. The van der Waals surface area contributed by atoms with E-state index < -0.39 is 23.9 Å². The molecule has 1 aliphatic heterocycles. The maximum absolute atomic E-state index is 13.5. The number of benzene rings is 1. The lowest BCUT2D eigenvalue weighted by molar-refractivity contribution is 0.0983. The summed E-state index contributed by atoms with van der Waals surface area (Å²) in [6.07, 6.45) is -0.900. The van der Waals surface area contributed by atoms with Crippen LogP contribution < -0.4 is 5.73 Å². The van der Waals surface area contributed by atoms with Crippen LogP contribution in [0.1, 0.15) is 28.5 Å². The summed E-state index contributed by atoms with van der Waals surface area (Å²) in [5, 5.41) is 22.9. The van der Waals surface area contributed by atoms with Gasteiger partial charge in [-0.3, -0.25) is 9.48 Å². The average molecular weight is 383 g/mol. The predicted molar refractivity (Wildman–Crippen MR) is 90.3 cm³/mol. The predicted octanol–water partition coefficient (Wildman–Crippen LogP) is 1.86. The van der Waals surface area contributed by atoms with Crippen molar-refractivity contribution < 1.29 is 24.2 Å². The van der Waals surface area contributed by atoms with Crippen molar-refractivity contribution in [3.63, 3.8) is 0 Å². The van der Waals surface area contributed by atoms with Gasteiger partial charge in [-0.15, -0.1) is 0 Å². The number of carbonyl (C=O) groups excluding carboxylic acids is 1. The number of carbonyl (C=O) groups is 2. The fourth-order valence-corrected chi connectivity index (χ4v) is 3.29. The van der Waals surface area contributed by atoms with E-state index in [1.54, 1.807) is 0 Å². The van der Waals surface area contributed by atoms with E-state index in [2.05, 4.69) is 5.10 Å². The van der Waals surface area contributed by atoms with Gasteiger partial charge in [0.1, 0.15) is 11.5 Å². The molecule has 0 spiro atoms. The molecule has 2 aromatic rings. The van der Waals surface area contributed by atoms with E-state index in [1.807, 2.05) is 0 Å². The Morgan fingerprint density at radius 1 is 1.42 bits per heavy atom. The first-order chi connectivity index (χ1) is 12.3. The average Bonchev–Trinajstić information content (AvgIpc) is 2.97. The molecule has 4 N–H and O–H groups in total. The molecule has 0 saturated heterocycles. The summed E-state index contributed by atoms with van der Waals surface area (Å²) in [6.45, 7) is -0.134. The van der Waals surface area contributed by atoms with Gasteiger partial charge < -0.3 is 20.8 Å². The second kappa shape index (κ2) is 6.93. The zero-order chi connectivity index (χ0) is 19.0. The number of aliphatic hydroxyl groups is 1. The van der Waals surface area contributed by atoms with Crippen molar-refractivity contribution in [2.24, 2.45) is 5.73 Å². The quantitative estimate of drug-likeness (QED) is 0.745. The van der Waals surface area contributed by atoms with Gasteiger partial charge in [0.05, 0.1) is 28.9 Å². The number of primary amides is 1. The number of amides is 2. The van der Waals surface area contributed by atoms with Gasteiger partial charge in [0.2, 0.25) is 0 Å². The van der Waals surface area contributed by atoms with E-state index in [9.17, 15) is 24.2 Å². The van der Waals surface area contributed by atoms with Crippen molar-refractivity contribution in [3.05, 3.63) is 40.3 Å². The maximum atomic E-state index is 13.5. The van der Waals surface area contributed by atoms with Gasteiger partial charge in [0.25, 0.3) is 5.91 Å². The lowest BCUT2D eigenvalue weighted by atomic mass is 10.0. The van der Waals surface area contributed by atoms with Crippen molar-refractivity contribution in [2.75, 3.05) is 13.2 Å². The molecule has 0 radical (unpaired) electrons. The lowest BCUT2D eigenvalue weighted by Gasteiger charge is -2.32. The minimum Gasteiger partial charge on any atom is -0.465 e. The van der Waals surface area contributed by atoms with Crippen LogP contribution >= 0.6 is 11.6 Å². The van der Waals surface area contributed by atoms with Crippen LogP contribution in [-0.2, 0) is 6.54 Å². The molecule has 0 fully saturated rings. The van der Waals surface area contributed by atoms with E-state index in [0.717, 1.165) is 11.0 Å². The molecule has 2 heterocycles. The normalized spacial score (nSPS) is 16.4. The van der Waals surface area contributed by atoms with Crippen molar-refractivity contribution in [1.82, 2.24) is 14.7 Å². The summed E-state index contributed by atoms with van der Waals surface area (Å²) in [5.74, 6) is -1.40. The Balaban J connectivity index is 2.19. The van der Waals surface area contributed by atoms with Gasteiger partial charge in [-0.25, -0.2) is 9.18 Å². The van der Waals surface area contributed by atoms with Gasteiger partial charge in [0.15, 0.2) is 0 Å². The first-order valence-corrected chi connectivity index (χ1v) is 8.16. The molecule has 1 aromatic heterocycles. The third-order valence-electron chi connectivity index (χ3n) is 4.30. The summed E-state index contributed by atoms with van der Waals surface area (Å²) in [5.41, 5.74) is 6.49. The van der Waals surface area contributed by atoms with Crippen LogP contribution in [0.25, 0.3) is 11.3 Å². The van der Waals surface area contributed by atoms with E-state index in [1.165, 1.54) is 16.8 Å². The molecule has 0 bridgehead atoms. The molecule has 1 aliphatic rings. The highest BCUT2D eigenvalue weighted by molar-refractivity contribution is 6.31. The van der Waals surface area contributed by atoms with Gasteiger partial charge >= 0.3 is 6.09 Å². The molecule has 10 heteroatoms. The molecule has 0 aliphatic carbocycles. The first kappa shape index (κ1) is 18.2. The second-order valence-corrected chi connectivity index (χ2v) is 6.34. The topological polar surface area (TPSA) is 122 Å². The second-order valence-electron chi connectivity index (χ2n) is 5.94. The standard InChI is InChI=1S/C16H16ClFN4O4/c17-10-5-8(1-2-11(10)18)14-13(15(19)24)12-7-21(16(25)26)6-9(3-4-23)22(12)20-14/h1-2,5,9,23H,3-4,6-7H2,(H2,19,24)(H,25,26). The Bertz CT molecular complexity index is 885. The minimum atomic E-state index is -1.15. The van der Waals surface area contributed by atoms with Gasteiger partial charge in [-0.2, -0.15) is 5.10 Å². The molecule has 2 amide bonds. The van der Waals surface area contributed by atoms with Crippen molar-refractivity contribution in [3.8, 4) is 11.3 Å². The zero-order valence-electron chi connectivity index (χ0n) is 13.5. The number of carboxylic acid groups (broad SMARTS) is 1. The molecule has 138 valence electrons. The molecule has 1 atom stereocenters. The van der Waals surface area contributed by atoms with E-state index in [0.29, 0.717) is 11.3 Å². The fourth-order valence-electron chi connectivity index (χ4n) is 3.11. The highest BCUT2D eigenvalue weighted by atomic mass is 35.5. The number of aliphatic hydroxyl groups excluding tert-OH is 1. The number of nitrogens with two attached hydrogens (primary N) is 1. The number of nitrogens with zero attached hydrogens (tertiary/aromatic N) is 3. The number of rotatable bonds is 4. The molecule has 3 rings (SSSR count). The van der Waals surface area contributed by atoms with Crippen molar-refractivity contribution in [2.45, 2.75) is 19.0 Å². The Kier molecular flexibility index (Phi) is 4.84. The summed E-state index contributed by atoms with van der Waals surface area (Å²) < 4.78 is 15.0. The van der Waals surface area contributed by atoms with Crippen LogP contribution in [0.3, 0.4) is 0 Å². The Labute approximate surface area is 152 Å². The molecule has 8 nitrogen and oxygen atoms in total. The molecule has 0 saturated carbocycles. The summed E-state index contributed by atoms with van der Waals surface area (Å²) in [6, 6.07) is 3.43. The monoisotopic (exact) mass is 382 g/mol. The van der Waals surface area contributed by atoms with Crippen LogP contribution in [0.2, 0.25) is 5.02 Å². The van der Waals surface area contributed by atoms with Crippen LogP contribution in [0.15, 0.2) is 18.2 Å². The molecule has 26 heavy (non-hydrogen) atoms. The minimum absolute atomic E-state index is 0.0570. The maximum Gasteiger partial charge on any atom is 0.407 e. The number of aromatic nitrogens is 2. The highest BCUT2D eigenvalue weighted by Crippen LogP contribution is 2.33. The summed E-state index contributed by atoms with van der Waals surface area (Å²) >= 11 is 5.82. The fraction of sp³-hybridized carbons (Fsp3) is 0.312. The Hall–Kier alpha value is -2.65. The molecular formula is C16H16ClFN4O4. The van der Waals surface area contributed by atoms with Gasteiger partial charge in [0, 0.05) is 18.7 Å². The zero-order valence-corrected chi connectivity index (χ0v) is 14.3. The SMILES string of the molecule is NC(=O)c1c(-c2ccc(F)c(Cl)c2)nn2c1CN(C(=O)O)CC2CCO. The van der Waals surface area contributed by atoms with Gasteiger partial charge in [-0.05, 0) is 24.6 Å².